The number of benzene rings is 2. The molecule has 8 heteroatoms. The Hall–Kier alpha value is -4.20. The van der Waals surface area contributed by atoms with Crippen molar-refractivity contribution in [2.45, 2.75) is 6.54 Å². The molecule has 0 atom stereocenters. The molecule has 32 heavy (non-hydrogen) atoms. The zero-order chi connectivity index (χ0) is 22.9. The number of hydrogen-bond acceptors (Lipinski definition) is 7. The summed E-state index contributed by atoms with van der Waals surface area (Å²) in [4.78, 5) is 16.5. The minimum atomic E-state index is -0.271. The van der Waals surface area contributed by atoms with Gasteiger partial charge in [-0.2, -0.15) is 0 Å². The Bertz CT molecular complexity index is 1070. The van der Waals surface area contributed by atoms with E-state index in [0.717, 1.165) is 11.1 Å². The van der Waals surface area contributed by atoms with Crippen LogP contribution in [0, 0.1) is 0 Å². The topological polar surface area (TPSA) is 108 Å². The van der Waals surface area contributed by atoms with Crippen LogP contribution in [-0.2, 0) is 11.3 Å². The van der Waals surface area contributed by atoms with E-state index in [4.69, 9.17) is 19.9 Å². The van der Waals surface area contributed by atoms with Crippen molar-refractivity contribution in [1.29, 1.82) is 0 Å². The Kier molecular flexibility index (Phi) is 7.53. The molecule has 1 heterocycles. The number of amides is 1. The van der Waals surface area contributed by atoms with Gasteiger partial charge in [-0.1, -0.05) is 12.1 Å². The minimum absolute atomic E-state index is 0.271. The first-order chi connectivity index (χ1) is 15.5. The molecule has 0 fully saturated rings. The number of carbonyl (C=O) groups is 1. The maximum Gasteiger partial charge on any atom is 0.248 e. The number of aromatic nitrogens is 1. The fraction of sp³-hybridized carbons (Fsp3) is 0.167. The SMILES string of the molecule is COc1cc(CNc2ccc(/C=C/C(=O)Nc3ccccc3N)cn2)cc(OC)c1OC. The summed E-state index contributed by atoms with van der Waals surface area (Å²) in [7, 11) is 4.73. The van der Waals surface area contributed by atoms with Crippen molar-refractivity contribution >= 4 is 29.2 Å². The third-order valence-electron chi connectivity index (χ3n) is 4.63. The van der Waals surface area contributed by atoms with Crippen LogP contribution in [0.2, 0.25) is 0 Å². The number of pyridine rings is 1. The van der Waals surface area contributed by atoms with Crippen molar-refractivity contribution in [3.8, 4) is 17.2 Å². The van der Waals surface area contributed by atoms with Gasteiger partial charge in [0.2, 0.25) is 11.7 Å². The highest BCUT2D eigenvalue weighted by molar-refractivity contribution is 6.03. The molecule has 0 aliphatic carbocycles. The number of nitrogen functional groups attached to an aromatic ring is 1. The van der Waals surface area contributed by atoms with E-state index in [-0.39, 0.29) is 5.91 Å². The van der Waals surface area contributed by atoms with E-state index in [1.54, 1.807) is 45.7 Å². The third-order valence-corrected chi connectivity index (χ3v) is 4.63. The molecule has 3 aromatic rings. The number of nitrogens with two attached hydrogens (primary N) is 1. The molecule has 0 saturated carbocycles. The fourth-order valence-corrected chi connectivity index (χ4v) is 3.00. The van der Waals surface area contributed by atoms with Crippen LogP contribution < -0.4 is 30.6 Å². The molecular weight excluding hydrogens is 408 g/mol. The Morgan fingerprint density at radius 2 is 1.75 bits per heavy atom. The van der Waals surface area contributed by atoms with Crippen LogP contribution in [0.4, 0.5) is 17.2 Å². The largest absolute Gasteiger partial charge is 0.493 e. The van der Waals surface area contributed by atoms with Gasteiger partial charge in [-0.25, -0.2) is 4.98 Å². The zero-order valence-corrected chi connectivity index (χ0v) is 18.2. The number of hydrogen-bond donors (Lipinski definition) is 3. The molecule has 3 rings (SSSR count). The maximum atomic E-state index is 12.1. The molecule has 1 amide bonds. The van der Waals surface area contributed by atoms with Crippen molar-refractivity contribution in [3.63, 3.8) is 0 Å². The molecule has 0 unspecified atom stereocenters. The Morgan fingerprint density at radius 3 is 2.34 bits per heavy atom. The van der Waals surface area contributed by atoms with E-state index in [1.807, 2.05) is 36.4 Å². The zero-order valence-electron chi connectivity index (χ0n) is 18.2. The summed E-state index contributed by atoms with van der Waals surface area (Å²) >= 11 is 0. The van der Waals surface area contributed by atoms with Crippen molar-refractivity contribution in [3.05, 3.63) is 71.9 Å². The van der Waals surface area contributed by atoms with Gasteiger partial charge in [0.25, 0.3) is 0 Å². The lowest BCUT2D eigenvalue weighted by Crippen LogP contribution is -2.09. The second-order valence-electron chi connectivity index (χ2n) is 6.77. The Labute approximate surface area is 187 Å². The number of para-hydroxylation sites is 2. The molecule has 4 N–H and O–H groups in total. The quantitative estimate of drug-likeness (QED) is 0.346. The number of anilines is 3. The minimum Gasteiger partial charge on any atom is -0.493 e. The van der Waals surface area contributed by atoms with Gasteiger partial charge in [-0.3, -0.25) is 4.79 Å². The summed E-state index contributed by atoms with van der Waals surface area (Å²) in [6, 6.07) is 14.6. The van der Waals surface area contributed by atoms with E-state index < -0.39 is 0 Å². The van der Waals surface area contributed by atoms with Crippen LogP contribution >= 0.6 is 0 Å². The van der Waals surface area contributed by atoms with E-state index in [1.165, 1.54) is 6.08 Å². The van der Waals surface area contributed by atoms with Gasteiger partial charge < -0.3 is 30.6 Å². The highest BCUT2D eigenvalue weighted by atomic mass is 16.5. The second kappa shape index (κ2) is 10.7. The smallest absolute Gasteiger partial charge is 0.248 e. The molecule has 8 nitrogen and oxygen atoms in total. The van der Waals surface area contributed by atoms with Gasteiger partial charge in [-0.15, -0.1) is 0 Å². The van der Waals surface area contributed by atoms with E-state index >= 15 is 0 Å². The lowest BCUT2D eigenvalue weighted by molar-refractivity contribution is -0.111. The van der Waals surface area contributed by atoms with E-state index in [0.29, 0.717) is 41.0 Å². The molecule has 166 valence electrons. The molecule has 0 bridgehead atoms. The number of carbonyl (C=O) groups excluding carboxylic acids is 1. The van der Waals surface area contributed by atoms with Crippen LogP contribution in [0.15, 0.2) is 60.8 Å². The Morgan fingerprint density at radius 1 is 1.03 bits per heavy atom. The predicted octanol–water partition coefficient (Wildman–Crippen LogP) is 3.95. The van der Waals surface area contributed by atoms with Crippen LogP contribution in [0.5, 0.6) is 17.2 Å². The summed E-state index contributed by atoms with van der Waals surface area (Å²) in [5.74, 6) is 2.15. The summed E-state index contributed by atoms with van der Waals surface area (Å²) in [6.45, 7) is 0.514. The molecule has 0 spiro atoms. The van der Waals surface area contributed by atoms with Gasteiger partial charge in [-0.05, 0) is 53.6 Å². The average molecular weight is 434 g/mol. The molecule has 0 saturated heterocycles. The standard InChI is InChI=1S/C24H26N4O4/c1-30-20-12-17(13-21(31-2)24(20)32-3)15-27-22-10-8-16(14-26-22)9-11-23(29)28-19-7-5-4-6-18(19)25/h4-14H,15,25H2,1-3H3,(H,26,27)(H,28,29)/b11-9+. The predicted molar refractivity (Wildman–Crippen MR) is 126 cm³/mol. The van der Waals surface area contributed by atoms with Crippen molar-refractivity contribution in [1.82, 2.24) is 4.98 Å². The lowest BCUT2D eigenvalue weighted by atomic mass is 10.1. The van der Waals surface area contributed by atoms with Crippen LogP contribution in [0.3, 0.4) is 0 Å². The van der Waals surface area contributed by atoms with Gasteiger partial charge >= 0.3 is 0 Å². The number of methoxy groups -OCH3 is 3. The summed E-state index contributed by atoms with van der Waals surface area (Å²) in [5.41, 5.74) is 8.66. The highest BCUT2D eigenvalue weighted by Gasteiger charge is 2.13. The van der Waals surface area contributed by atoms with Gasteiger partial charge in [0, 0.05) is 18.8 Å². The highest BCUT2D eigenvalue weighted by Crippen LogP contribution is 2.38. The fourth-order valence-electron chi connectivity index (χ4n) is 3.00. The first-order valence-corrected chi connectivity index (χ1v) is 9.86. The van der Waals surface area contributed by atoms with Gasteiger partial charge in [0.15, 0.2) is 11.5 Å². The number of nitrogens with one attached hydrogen (secondary N) is 2. The van der Waals surface area contributed by atoms with E-state index in [9.17, 15) is 4.79 Å². The Balaban J connectivity index is 1.60. The van der Waals surface area contributed by atoms with Crippen LogP contribution in [0.1, 0.15) is 11.1 Å². The first-order valence-electron chi connectivity index (χ1n) is 9.86. The number of nitrogens with zero attached hydrogens (tertiary/aromatic N) is 1. The van der Waals surface area contributed by atoms with Crippen molar-refractivity contribution in [2.75, 3.05) is 37.7 Å². The molecule has 1 aromatic heterocycles. The van der Waals surface area contributed by atoms with Crippen molar-refractivity contribution < 1.29 is 19.0 Å². The van der Waals surface area contributed by atoms with Gasteiger partial charge in [0.1, 0.15) is 5.82 Å². The summed E-state index contributed by atoms with van der Waals surface area (Å²) in [6.07, 6.45) is 4.80. The molecular formula is C24H26N4O4. The number of ether oxygens (including phenoxy) is 3. The van der Waals surface area contributed by atoms with Crippen LogP contribution in [-0.4, -0.2) is 32.2 Å². The third kappa shape index (κ3) is 5.69. The second-order valence-corrected chi connectivity index (χ2v) is 6.77. The lowest BCUT2D eigenvalue weighted by Gasteiger charge is -2.14. The average Bonchev–Trinajstić information content (AvgIpc) is 2.82. The first kappa shape index (κ1) is 22.5. The molecule has 0 radical (unpaired) electrons. The number of rotatable bonds is 9. The normalized spacial score (nSPS) is 10.6. The maximum absolute atomic E-state index is 12.1. The van der Waals surface area contributed by atoms with E-state index in [2.05, 4.69) is 15.6 Å². The van der Waals surface area contributed by atoms with Crippen molar-refractivity contribution in [2.24, 2.45) is 0 Å². The van der Waals surface area contributed by atoms with Gasteiger partial charge in [0.05, 0.1) is 32.7 Å². The molecule has 0 aliphatic heterocycles. The monoisotopic (exact) mass is 434 g/mol. The molecule has 0 aliphatic rings. The molecule has 2 aromatic carbocycles. The summed E-state index contributed by atoms with van der Waals surface area (Å²) in [5, 5.41) is 6.00. The van der Waals surface area contributed by atoms with Crippen LogP contribution in [0.25, 0.3) is 6.08 Å². The summed E-state index contributed by atoms with van der Waals surface area (Å²) < 4.78 is 16.1.